The Morgan fingerprint density at radius 1 is 1.08 bits per heavy atom. The molecule has 2 aromatic rings. The number of para-hydroxylation sites is 1. The number of fused-ring (bicyclic) bond motifs is 2. The summed E-state index contributed by atoms with van der Waals surface area (Å²) in [6, 6.07) is 11.5. The Morgan fingerprint density at radius 3 is 2.73 bits per heavy atom. The predicted octanol–water partition coefficient (Wildman–Crippen LogP) is 2.43. The third-order valence-corrected chi connectivity index (χ3v) is 4.86. The van der Waals surface area contributed by atoms with Crippen LogP contribution in [0.15, 0.2) is 42.5 Å². The molecule has 6 nitrogen and oxygen atoms in total. The molecule has 4 rings (SSSR count). The number of benzene rings is 2. The van der Waals surface area contributed by atoms with Gasteiger partial charge in [-0.3, -0.25) is 4.79 Å². The summed E-state index contributed by atoms with van der Waals surface area (Å²) in [6.45, 7) is 1.03. The molecule has 26 heavy (non-hydrogen) atoms. The molecule has 0 aromatic heterocycles. The van der Waals surface area contributed by atoms with Gasteiger partial charge in [0.15, 0.2) is 6.04 Å². The van der Waals surface area contributed by atoms with Gasteiger partial charge in [-0.2, -0.15) is 0 Å². The van der Waals surface area contributed by atoms with Crippen molar-refractivity contribution < 1.29 is 24.2 Å². The van der Waals surface area contributed by atoms with E-state index >= 15 is 0 Å². The van der Waals surface area contributed by atoms with E-state index in [1.54, 1.807) is 18.2 Å². The number of hydrogen-bond donors (Lipinski definition) is 2. The standard InChI is InChI=1S/C20H19NO5/c22-19(15-8-10-26-17-4-2-1-3-14(15)17)21-18(20(23)24)13-5-6-16-12(11-13)7-9-25-16/h1-6,11,15,18H,7-10H2,(H,21,22)(H,23,24). The highest BCUT2D eigenvalue weighted by molar-refractivity contribution is 5.89. The molecule has 0 radical (unpaired) electrons. The number of hydrogen-bond acceptors (Lipinski definition) is 4. The lowest BCUT2D eigenvalue weighted by atomic mass is 9.91. The van der Waals surface area contributed by atoms with Crippen LogP contribution in [-0.4, -0.2) is 30.2 Å². The second kappa shape index (κ2) is 6.71. The summed E-state index contributed by atoms with van der Waals surface area (Å²) >= 11 is 0. The van der Waals surface area contributed by atoms with Crippen molar-refractivity contribution >= 4 is 11.9 Å². The monoisotopic (exact) mass is 353 g/mol. The SMILES string of the molecule is O=C(NC(C(=O)O)c1ccc2c(c1)CCO2)C1CCOc2ccccc21. The average molecular weight is 353 g/mol. The Labute approximate surface area is 150 Å². The highest BCUT2D eigenvalue weighted by Crippen LogP contribution is 2.34. The van der Waals surface area contributed by atoms with Crippen LogP contribution in [0.1, 0.15) is 35.1 Å². The highest BCUT2D eigenvalue weighted by Gasteiger charge is 2.31. The van der Waals surface area contributed by atoms with E-state index in [0.29, 0.717) is 30.9 Å². The lowest BCUT2D eigenvalue weighted by Crippen LogP contribution is -2.38. The fourth-order valence-corrected chi connectivity index (χ4v) is 3.53. The van der Waals surface area contributed by atoms with Gasteiger partial charge in [0.25, 0.3) is 0 Å². The maximum absolute atomic E-state index is 12.8. The number of carboxylic acids is 1. The Morgan fingerprint density at radius 2 is 1.88 bits per heavy atom. The van der Waals surface area contributed by atoms with Gasteiger partial charge in [-0.05, 0) is 35.7 Å². The van der Waals surface area contributed by atoms with Gasteiger partial charge < -0.3 is 19.9 Å². The zero-order valence-electron chi connectivity index (χ0n) is 14.1. The molecule has 0 saturated heterocycles. The number of carboxylic acid groups (broad SMARTS) is 1. The lowest BCUT2D eigenvalue weighted by molar-refractivity contribution is -0.142. The smallest absolute Gasteiger partial charge is 0.330 e. The fourth-order valence-electron chi connectivity index (χ4n) is 3.53. The van der Waals surface area contributed by atoms with Crippen LogP contribution in [0.5, 0.6) is 11.5 Å². The molecule has 0 spiro atoms. The molecule has 2 aliphatic heterocycles. The minimum absolute atomic E-state index is 0.301. The van der Waals surface area contributed by atoms with Gasteiger partial charge in [0, 0.05) is 12.0 Å². The topological polar surface area (TPSA) is 84.9 Å². The van der Waals surface area contributed by atoms with Crippen molar-refractivity contribution in [1.29, 1.82) is 0 Å². The number of ether oxygens (including phenoxy) is 2. The second-order valence-electron chi connectivity index (χ2n) is 6.47. The minimum Gasteiger partial charge on any atom is -0.493 e. The predicted molar refractivity (Wildman–Crippen MR) is 93.5 cm³/mol. The Kier molecular flexibility index (Phi) is 4.24. The Hall–Kier alpha value is -3.02. The van der Waals surface area contributed by atoms with Gasteiger partial charge in [0.1, 0.15) is 11.5 Å². The van der Waals surface area contributed by atoms with Crippen LogP contribution in [0.3, 0.4) is 0 Å². The number of nitrogens with one attached hydrogen (secondary N) is 1. The van der Waals surface area contributed by atoms with Gasteiger partial charge >= 0.3 is 5.97 Å². The van der Waals surface area contributed by atoms with Crippen molar-refractivity contribution in [1.82, 2.24) is 5.32 Å². The van der Waals surface area contributed by atoms with E-state index in [0.717, 1.165) is 23.3 Å². The Balaban J connectivity index is 1.58. The van der Waals surface area contributed by atoms with Crippen molar-refractivity contribution in [2.45, 2.75) is 24.8 Å². The highest BCUT2D eigenvalue weighted by atomic mass is 16.5. The van der Waals surface area contributed by atoms with E-state index in [9.17, 15) is 14.7 Å². The average Bonchev–Trinajstić information content (AvgIpc) is 3.13. The first-order valence-corrected chi connectivity index (χ1v) is 8.64. The van der Waals surface area contributed by atoms with E-state index < -0.39 is 17.9 Å². The van der Waals surface area contributed by atoms with Crippen LogP contribution >= 0.6 is 0 Å². The van der Waals surface area contributed by atoms with E-state index in [4.69, 9.17) is 9.47 Å². The van der Waals surface area contributed by atoms with E-state index in [1.165, 1.54) is 0 Å². The van der Waals surface area contributed by atoms with E-state index in [1.807, 2.05) is 24.3 Å². The fraction of sp³-hybridized carbons (Fsp3) is 0.300. The molecule has 0 aliphatic carbocycles. The third-order valence-electron chi connectivity index (χ3n) is 4.86. The maximum atomic E-state index is 12.8. The van der Waals surface area contributed by atoms with Crippen molar-refractivity contribution in [2.24, 2.45) is 0 Å². The lowest BCUT2D eigenvalue weighted by Gasteiger charge is -2.26. The van der Waals surface area contributed by atoms with Crippen molar-refractivity contribution in [3.63, 3.8) is 0 Å². The molecule has 2 N–H and O–H groups in total. The molecular weight excluding hydrogens is 334 g/mol. The maximum Gasteiger partial charge on any atom is 0.330 e. The van der Waals surface area contributed by atoms with Crippen LogP contribution in [0.4, 0.5) is 0 Å². The molecule has 134 valence electrons. The van der Waals surface area contributed by atoms with Gasteiger partial charge in [-0.25, -0.2) is 4.79 Å². The Bertz CT molecular complexity index is 863. The van der Waals surface area contributed by atoms with E-state index in [2.05, 4.69) is 5.32 Å². The molecule has 2 aromatic carbocycles. The summed E-state index contributed by atoms with van der Waals surface area (Å²) in [6.07, 6.45) is 1.27. The summed E-state index contributed by atoms with van der Waals surface area (Å²) in [4.78, 5) is 24.6. The number of aliphatic carboxylic acids is 1. The number of carbonyl (C=O) groups is 2. The summed E-state index contributed by atoms with van der Waals surface area (Å²) in [5.74, 6) is -0.343. The summed E-state index contributed by atoms with van der Waals surface area (Å²) in [7, 11) is 0. The van der Waals surface area contributed by atoms with Gasteiger partial charge in [-0.15, -0.1) is 0 Å². The van der Waals surface area contributed by atoms with Crippen LogP contribution in [0.2, 0.25) is 0 Å². The molecule has 6 heteroatoms. The van der Waals surface area contributed by atoms with Gasteiger partial charge in [0.05, 0.1) is 19.1 Å². The molecule has 0 fully saturated rings. The second-order valence-corrected chi connectivity index (χ2v) is 6.47. The number of carbonyl (C=O) groups excluding carboxylic acids is 1. The zero-order chi connectivity index (χ0) is 18.1. The number of amides is 1. The first-order chi connectivity index (χ1) is 12.6. The first-order valence-electron chi connectivity index (χ1n) is 8.64. The largest absolute Gasteiger partial charge is 0.493 e. The third kappa shape index (κ3) is 2.98. The molecular formula is C20H19NO5. The van der Waals surface area contributed by atoms with E-state index in [-0.39, 0.29) is 5.91 Å². The van der Waals surface area contributed by atoms with Gasteiger partial charge in [0.2, 0.25) is 5.91 Å². The molecule has 2 aliphatic rings. The van der Waals surface area contributed by atoms with Gasteiger partial charge in [-0.1, -0.05) is 24.3 Å². The van der Waals surface area contributed by atoms with Crippen LogP contribution < -0.4 is 14.8 Å². The minimum atomic E-state index is -1.09. The normalized spacial score (nSPS) is 18.7. The molecule has 1 amide bonds. The summed E-state index contributed by atoms with van der Waals surface area (Å²) < 4.78 is 11.0. The molecule has 0 saturated carbocycles. The van der Waals surface area contributed by atoms with Crippen LogP contribution in [0, 0.1) is 0 Å². The molecule has 0 bridgehead atoms. The van der Waals surface area contributed by atoms with Crippen molar-refractivity contribution in [2.75, 3.05) is 13.2 Å². The molecule has 2 heterocycles. The molecule has 2 unspecified atom stereocenters. The van der Waals surface area contributed by atoms with Crippen LogP contribution in [0.25, 0.3) is 0 Å². The summed E-state index contributed by atoms with van der Waals surface area (Å²) in [5, 5.41) is 12.3. The number of rotatable bonds is 4. The quantitative estimate of drug-likeness (QED) is 0.882. The van der Waals surface area contributed by atoms with Crippen molar-refractivity contribution in [3.05, 3.63) is 59.2 Å². The first kappa shape index (κ1) is 16.4. The summed E-state index contributed by atoms with van der Waals surface area (Å²) in [5.41, 5.74) is 2.32. The molecule has 2 atom stereocenters. The van der Waals surface area contributed by atoms with Crippen LogP contribution in [-0.2, 0) is 16.0 Å². The zero-order valence-corrected chi connectivity index (χ0v) is 14.1. The van der Waals surface area contributed by atoms with Crippen molar-refractivity contribution in [3.8, 4) is 11.5 Å².